The molecule has 8 heteroatoms. The highest BCUT2D eigenvalue weighted by atomic mass is 35.5. The summed E-state index contributed by atoms with van der Waals surface area (Å²) in [7, 11) is -3.71. The standard InChI is InChI=1S/C10H12ClN3O3S/c1-6-2-9(11)13-4-8(6)14-5-7(3-10(14)15)18(12,16)17/h2,4,7H,3,5H2,1H3,(H2,12,16,17). The quantitative estimate of drug-likeness (QED) is 0.799. The van der Waals surface area contributed by atoms with Crippen molar-refractivity contribution in [3.8, 4) is 0 Å². The number of nitrogens with two attached hydrogens (primary N) is 1. The van der Waals surface area contributed by atoms with Crippen molar-refractivity contribution >= 4 is 33.2 Å². The van der Waals surface area contributed by atoms with Crippen molar-refractivity contribution in [2.45, 2.75) is 18.6 Å². The van der Waals surface area contributed by atoms with Crippen LogP contribution in [0.2, 0.25) is 5.15 Å². The minimum Gasteiger partial charge on any atom is -0.309 e. The lowest BCUT2D eigenvalue weighted by atomic mass is 10.2. The van der Waals surface area contributed by atoms with Crippen molar-refractivity contribution < 1.29 is 13.2 Å². The summed E-state index contributed by atoms with van der Waals surface area (Å²) in [4.78, 5) is 17.1. The van der Waals surface area contributed by atoms with Gasteiger partial charge in [-0.15, -0.1) is 0 Å². The minimum absolute atomic E-state index is 0.0574. The van der Waals surface area contributed by atoms with Gasteiger partial charge in [0.25, 0.3) is 0 Å². The SMILES string of the molecule is Cc1cc(Cl)ncc1N1CC(S(N)(=O)=O)CC1=O. The molecule has 0 spiro atoms. The largest absolute Gasteiger partial charge is 0.309 e. The Morgan fingerprint density at radius 3 is 2.72 bits per heavy atom. The molecule has 1 amide bonds. The van der Waals surface area contributed by atoms with E-state index in [1.54, 1.807) is 13.0 Å². The second-order valence-corrected chi connectivity index (χ2v) is 6.44. The van der Waals surface area contributed by atoms with Gasteiger partial charge in [-0.25, -0.2) is 18.5 Å². The van der Waals surface area contributed by atoms with Crippen LogP contribution in [0.3, 0.4) is 0 Å². The maximum atomic E-state index is 11.8. The number of nitrogens with zero attached hydrogens (tertiary/aromatic N) is 2. The minimum atomic E-state index is -3.71. The molecule has 2 rings (SSSR count). The Kier molecular flexibility index (Phi) is 3.31. The second kappa shape index (κ2) is 4.49. The van der Waals surface area contributed by atoms with Gasteiger partial charge >= 0.3 is 0 Å². The van der Waals surface area contributed by atoms with E-state index in [2.05, 4.69) is 4.98 Å². The van der Waals surface area contributed by atoms with E-state index in [0.717, 1.165) is 5.56 Å². The molecular formula is C10H12ClN3O3S. The first-order valence-electron chi connectivity index (χ1n) is 5.23. The van der Waals surface area contributed by atoms with Crippen molar-refractivity contribution in [2.75, 3.05) is 11.4 Å². The van der Waals surface area contributed by atoms with E-state index < -0.39 is 15.3 Å². The highest BCUT2D eigenvalue weighted by molar-refractivity contribution is 7.89. The lowest BCUT2D eigenvalue weighted by Crippen LogP contribution is -2.32. The van der Waals surface area contributed by atoms with Crippen LogP contribution in [0.4, 0.5) is 5.69 Å². The maximum Gasteiger partial charge on any atom is 0.228 e. The van der Waals surface area contributed by atoms with E-state index in [1.807, 2.05) is 0 Å². The van der Waals surface area contributed by atoms with Crippen molar-refractivity contribution in [3.63, 3.8) is 0 Å². The molecule has 1 aliphatic rings. The van der Waals surface area contributed by atoms with Gasteiger partial charge in [-0.3, -0.25) is 4.79 Å². The van der Waals surface area contributed by atoms with Gasteiger partial charge in [0.15, 0.2) is 0 Å². The van der Waals surface area contributed by atoms with Crippen LogP contribution < -0.4 is 10.0 Å². The van der Waals surface area contributed by atoms with Crippen molar-refractivity contribution in [2.24, 2.45) is 5.14 Å². The lowest BCUT2D eigenvalue weighted by molar-refractivity contribution is -0.117. The van der Waals surface area contributed by atoms with Crippen LogP contribution in [0.25, 0.3) is 0 Å². The summed E-state index contributed by atoms with van der Waals surface area (Å²) in [6.45, 7) is 1.84. The van der Waals surface area contributed by atoms with E-state index in [1.165, 1.54) is 11.1 Å². The molecular weight excluding hydrogens is 278 g/mol. The summed E-state index contributed by atoms with van der Waals surface area (Å²) in [6, 6.07) is 1.62. The monoisotopic (exact) mass is 289 g/mol. The van der Waals surface area contributed by atoms with E-state index in [9.17, 15) is 13.2 Å². The zero-order chi connectivity index (χ0) is 13.5. The summed E-state index contributed by atoms with van der Waals surface area (Å²) in [5.74, 6) is -0.277. The van der Waals surface area contributed by atoms with Crippen molar-refractivity contribution in [1.82, 2.24) is 4.98 Å². The van der Waals surface area contributed by atoms with Crippen molar-refractivity contribution in [1.29, 1.82) is 0 Å². The highest BCUT2D eigenvalue weighted by Crippen LogP contribution is 2.27. The number of carbonyl (C=O) groups excluding carboxylic acids is 1. The molecule has 1 fully saturated rings. The molecule has 1 atom stereocenters. The number of anilines is 1. The van der Waals surface area contributed by atoms with Gasteiger partial charge in [-0.2, -0.15) is 0 Å². The van der Waals surface area contributed by atoms with Gasteiger partial charge < -0.3 is 4.90 Å². The number of hydrogen-bond acceptors (Lipinski definition) is 4. The van der Waals surface area contributed by atoms with Crippen molar-refractivity contribution in [3.05, 3.63) is 23.0 Å². The number of primary sulfonamides is 1. The Balaban J connectivity index is 2.33. The molecule has 1 saturated heterocycles. The average molecular weight is 290 g/mol. The first-order valence-corrected chi connectivity index (χ1v) is 7.22. The fourth-order valence-corrected chi connectivity index (χ4v) is 2.87. The molecule has 0 saturated carbocycles. The first kappa shape index (κ1) is 13.3. The van der Waals surface area contributed by atoms with Crippen LogP contribution in [0, 0.1) is 6.92 Å². The Morgan fingerprint density at radius 1 is 1.56 bits per heavy atom. The zero-order valence-electron chi connectivity index (χ0n) is 9.63. The number of pyridine rings is 1. The molecule has 1 aromatic rings. The van der Waals surface area contributed by atoms with Gasteiger partial charge in [-0.1, -0.05) is 11.6 Å². The third-order valence-corrected chi connectivity index (χ3v) is 4.35. The number of amides is 1. The molecule has 0 aliphatic carbocycles. The second-order valence-electron chi connectivity index (χ2n) is 4.21. The van der Waals surface area contributed by atoms with Gasteiger partial charge in [-0.05, 0) is 18.6 Å². The Hall–Kier alpha value is -1.18. The van der Waals surface area contributed by atoms with Crippen LogP contribution in [-0.2, 0) is 14.8 Å². The fraction of sp³-hybridized carbons (Fsp3) is 0.400. The highest BCUT2D eigenvalue weighted by Gasteiger charge is 2.37. The molecule has 2 heterocycles. The van der Waals surface area contributed by atoms with Crippen LogP contribution >= 0.6 is 11.6 Å². The molecule has 1 aliphatic heterocycles. The van der Waals surface area contributed by atoms with E-state index in [4.69, 9.17) is 16.7 Å². The number of rotatable bonds is 2. The molecule has 1 aromatic heterocycles. The van der Waals surface area contributed by atoms with Crippen LogP contribution in [0.1, 0.15) is 12.0 Å². The van der Waals surface area contributed by atoms with Crippen LogP contribution in [0.5, 0.6) is 0 Å². The first-order chi connectivity index (χ1) is 8.29. The topological polar surface area (TPSA) is 93.4 Å². The van der Waals surface area contributed by atoms with E-state index >= 15 is 0 Å². The molecule has 0 radical (unpaired) electrons. The molecule has 6 nitrogen and oxygen atoms in total. The fourth-order valence-electron chi connectivity index (χ4n) is 1.92. The van der Waals surface area contributed by atoms with E-state index in [0.29, 0.717) is 10.8 Å². The summed E-state index contributed by atoms with van der Waals surface area (Å²) in [5, 5.41) is 4.53. The lowest BCUT2D eigenvalue weighted by Gasteiger charge is -2.18. The number of halogens is 1. The molecule has 0 bridgehead atoms. The summed E-state index contributed by atoms with van der Waals surface area (Å²) in [6.07, 6.45) is 1.36. The number of carbonyl (C=O) groups is 1. The predicted octanol–water partition coefficient (Wildman–Crippen LogP) is 0.437. The average Bonchev–Trinajstić information content (AvgIpc) is 2.60. The summed E-state index contributed by atoms with van der Waals surface area (Å²) < 4.78 is 22.5. The Labute approximate surface area is 110 Å². The normalized spacial score (nSPS) is 20.5. The van der Waals surface area contributed by atoms with Crippen LogP contribution in [-0.4, -0.2) is 31.1 Å². The number of sulfonamides is 1. The Bertz CT molecular complexity index is 602. The zero-order valence-corrected chi connectivity index (χ0v) is 11.2. The molecule has 98 valence electrons. The van der Waals surface area contributed by atoms with Gasteiger partial charge in [0.1, 0.15) is 10.4 Å². The smallest absolute Gasteiger partial charge is 0.228 e. The maximum absolute atomic E-state index is 11.8. The molecule has 1 unspecified atom stereocenters. The van der Waals surface area contributed by atoms with Crippen LogP contribution in [0.15, 0.2) is 12.3 Å². The molecule has 2 N–H and O–H groups in total. The number of aromatic nitrogens is 1. The molecule has 0 aromatic carbocycles. The van der Waals surface area contributed by atoms with Gasteiger partial charge in [0, 0.05) is 13.0 Å². The third-order valence-electron chi connectivity index (χ3n) is 2.89. The Morgan fingerprint density at radius 2 is 2.22 bits per heavy atom. The number of aryl methyl sites for hydroxylation is 1. The third kappa shape index (κ3) is 2.47. The molecule has 18 heavy (non-hydrogen) atoms. The van der Waals surface area contributed by atoms with E-state index in [-0.39, 0.29) is 18.9 Å². The predicted molar refractivity (Wildman–Crippen MR) is 67.8 cm³/mol. The number of hydrogen-bond donors (Lipinski definition) is 1. The summed E-state index contributed by atoms with van der Waals surface area (Å²) in [5.41, 5.74) is 1.33. The summed E-state index contributed by atoms with van der Waals surface area (Å²) >= 11 is 5.73. The van der Waals surface area contributed by atoms with Gasteiger partial charge in [0.05, 0.1) is 11.9 Å². The van der Waals surface area contributed by atoms with Gasteiger partial charge in [0.2, 0.25) is 15.9 Å².